The summed E-state index contributed by atoms with van der Waals surface area (Å²) >= 11 is 0. The molecule has 2 rings (SSSR count). The molecule has 0 aromatic carbocycles. The van der Waals surface area contributed by atoms with E-state index in [4.69, 9.17) is 0 Å². The summed E-state index contributed by atoms with van der Waals surface area (Å²) in [7, 11) is 0. The Kier molecular flexibility index (Phi) is 4.62. The van der Waals surface area contributed by atoms with Crippen molar-refractivity contribution in [2.24, 2.45) is 5.92 Å². The second-order valence-electron chi connectivity index (χ2n) is 6.01. The molecule has 2 aliphatic rings. The number of carbonyl (C=O) groups excluding carboxylic acids is 1. The SMILES string of the molecule is CCN(CCN1CNC(CC(C)C)C1=O)C1CC1. The maximum absolute atomic E-state index is 12.2. The van der Waals surface area contributed by atoms with Crippen molar-refractivity contribution in [1.29, 1.82) is 0 Å². The van der Waals surface area contributed by atoms with Crippen LogP contribution in [-0.2, 0) is 4.79 Å². The van der Waals surface area contributed by atoms with Gasteiger partial charge in [0.05, 0.1) is 12.7 Å². The van der Waals surface area contributed by atoms with Gasteiger partial charge in [-0.15, -0.1) is 0 Å². The highest BCUT2D eigenvalue weighted by molar-refractivity contribution is 5.83. The molecule has 1 aliphatic heterocycles. The number of likely N-dealkylation sites (N-methyl/N-ethyl adjacent to an activating group) is 1. The maximum atomic E-state index is 12.2. The Morgan fingerprint density at radius 2 is 2.17 bits per heavy atom. The van der Waals surface area contributed by atoms with Gasteiger partial charge in [-0.05, 0) is 31.7 Å². The Balaban J connectivity index is 1.75. The van der Waals surface area contributed by atoms with Gasteiger partial charge in [-0.2, -0.15) is 0 Å². The molecule has 0 spiro atoms. The molecule has 1 N–H and O–H groups in total. The minimum absolute atomic E-state index is 0.0565. The van der Waals surface area contributed by atoms with E-state index in [2.05, 4.69) is 31.0 Å². The highest BCUT2D eigenvalue weighted by atomic mass is 16.2. The van der Waals surface area contributed by atoms with Gasteiger partial charge >= 0.3 is 0 Å². The van der Waals surface area contributed by atoms with Crippen LogP contribution in [-0.4, -0.2) is 54.1 Å². The monoisotopic (exact) mass is 253 g/mol. The number of rotatable bonds is 7. The van der Waals surface area contributed by atoms with Crippen LogP contribution in [0.3, 0.4) is 0 Å². The van der Waals surface area contributed by atoms with Crippen LogP contribution in [0.4, 0.5) is 0 Å². The zero-order valence-electron chi connectivity index (χ0n) is 12.0. The lowest BCUT2D eigenvalue weighted by atomic mass is 10.0. The summed E-state index contributed by atoms with van der Waals surface area (Å²) in [6.07, 6.45) is 3.64. The quantitative estimate of drug-likeness (QED) is 0.742. The van der Waals surface area contributed by atoms with Crippen molar-refractivity contribution in [2.75, 3.05) is 26.3 Å². The minimum Gasteiger partial charge on any atom is -0.327 e. The number of hydrogen-bond acceptors (Lipinski definition) is 3. The van der Waals surface area contributed by atoms with Crippen LogP contribution in [0, 0.1) is 5.92 Å². The number of amides is 1. The first-order chi connectivity index (χ1) is 8.61. The highest BCUT2D eigenvalue weighted by Gasteiger charge is 2.33. The molecule has 1 atom stereocenters. The number of carbonyl (C=O) groups is 1. The fourth-order valence-corrected chi connectivity index (χ4v) is 2.74. The molecule has 1 amide bonds. The van der Waals surface area contributed by atoms with Gasteiger partial charge in [-0.25, -0.2) is 0 Å². The number of nitrogens with one attached hydrogen (secondary N) is 1. The second kappa shape index (κ2) is 6.02. The van der Waals surface area contributed by atoms with Crippen molar-refractivity contribution in [3.8, 4) is 0 Å². The van der Waals surface area contributed by atoms with Gasteiger partial charge in [0.2, 0.25) is 5.91 Å². The number of nitrogens with zero attached hydrogens (tertiary/aromatic N) is 2. The van der Waals surface area contributed by atoms with Crippen LogP contribution in [0.25, 0.3) is 0 Å². The third-order valence-electron chi connectivity index (χ3n) is 3.97. The van der Waals surface area contributed by atoms with Crippen molar-refractivity contribution < 1.29 is 4.79 Å². The molecule has 1 unspecified atom stereocenters. The lowest BCUT2D eigenvalue weighted by Gasteiger charge is -2.23. The van der Waals surface area contributed by atoms with Crippen LogP contribution in [0.1, 0.15) is 40.0 Å². The van der Waals surface area contributed by atoms with E-state index < -0.39 is 0 Å². The average Bonchev–Trinajstić information content (AvgIpc) is 3.10. The highest BCUT2D eigenvalue weighted by Crippen LogP contribution is 2.26. The molecule has 18 heavy (non-hydrogen) atoms. The third kappa shape index (κ3) is 3.45. The maximum Gasteiger partial charge on any atom is 0.240 e. The summed E-state index contributed by atoms with van der Waals surface area (Å²) in [5, 5.41) is 3.33. The summed E-state index contributed by atoms with van der Waals surface area (Å²) < 4.78 is 0. The van der Waals surface area contributed by atoms with Gasteiger partial charge in [0.1, 0.15) is 0 Å². The normalized spacial score (nSPS) is 24.6. The van der Waals surface area contributed by atoms with E-state index in [1.807, 2.05) is 4.90 Å². The topological polar surface area (TPSA) is 35.6 Å². The number of hydrogen-bond donors (Lipinski definition) is 1. The molecule has 1 aliphatic carbocycles. The lowest BCUT2D eigenvalue weighted by molar-refractivity contribution is -0.129. The van der Waals surface area contributed by atoms with Crippen LogP contribution < -0.4 is 5.32 Å². The predicted molar refractivity (Wildman–Crippen MR) is 73.2 cm³/mol. The first kappa shape index (κ1) is 13.8. The molecular weight excluding hydrogens is 226 g/mol. The van der Waals surface area contributed by atoms with E-state index in [9.17, 15) is 4.79 Å². The Labute approximate surface area is 111 Å². The standard InChI is InChI=1S/C14H27N3O/c1-4-16(12-5-6-12)7-8-17-10-15-13(14(17)18)9-11(2)3/h11-13,15H,4-10H2,1-3H3. The summed E-state index contributed by atoms with van der Waals surface area (Å²) in [6, 6.07) is 0.855. The summed E-state index contributed by atoms with van der Waals surface area (Å²) in [5.41, 5.74) is 0. The molecule has 0 bridgehead atoms. The first-order valence-electron chi connectivity index (χ1n) is 7.38. The van der Waals surface area contributed by atoms with E-state index in [-0.39, 0.29) is 6.04 Å². The van der Waals surface area contributed by atoms with Gasteiger partial charge in [0.15, 0.2) is 0 Å². The molecular formula is C14H27N3O. The Morgan fingerprint density at radius 3 is 2.72 bits per heavy atom. The summed E-state index contributed by atoms with van der Waals surface area (Å²) in [5.74, 6) is 0.876. The van der Waals surface area contributed by atoms with Crippen LogP contribution >= 0.6 is 0 Å². The molecule has 0 radical (unpaired) electrons. The Morgan fingerprint density at radius 1 is 1.44 bits per heavy atom. The molecule has 104 valence electrons. The van der Waals surface area contributed by atoms with Gasteiger partial charge in [0, 0.05) is 19.1 Å². The molecule has 2 fully saturated rings. The Hall–Kier alpha value is -0.610. The van der Waals surface area contributed by atoms with Gasteiger partial charge < -0.3 is 4.90 Å². The smallest absolute Gasteiger partial charge is 0.240 e. The van der Waals surface area contributed by atoms with Crippen molar-refractivity contribution >= 4 is 5.91 Å². The molecule has 1 saturated heterocycles. The van der Waals surface area contributed by atoms with E-state index >= 15 is 0 Å². The van der Waals surface area contributed by atoms with E-state index in [1.165, 1.54) is 12.8 Å². The van der Waals surface area contributed by atoms with E-state index in [0.29, 0.717) is 11.8 Å². The second-order valence-corrected chi connectivity index (χ2v) is 6.01. The van der Waals surface area contributed by atoms with Crippen molar-refractivity contribution in [1.82, 2.24) is 15.1 Å². The third-order valence-corrected chi connectivity index (χ3v) is 3.97. The molecule has 0 aromatic rings. The van der Waals surface area contributed by atoms with Crippen LogP contribution in [0.2, 0.25) is 0 Å². The fraction of sp³-hybridized carbons (Fsp3) is 0.929. The summed E-state index contributed by atoms with van der Waals surface area (Å²) in [4.78, 5) is 16.7. The minimum atomic E-state index is 0.0565. The summed E-state index contributed by atoms with van der Waals surface area (Å²) in [6.45, 7) is 10.3. The average molecular weight is 253 g/mol. The molecule has 4 nitrogen and oxygen atoms in total. The van der Waals surface area contributed by atoms with Crippen molar-refractivity contribution in [3.63, 3.8) is 0 Å². The first-order valence-corrected chi connectivity index (χ1v) is 7.38. The zero-order valence-corrected chi connectivity index (χ0v) is 12.0. The molecule has 0 aromatic heterocycles. The van der Waals surface area contributed by atoms with Crippen LogP contribution in [0.15, 0.2) is 0 Å². The van der Waals surface area contributed by atoms with Gasteiger partial charge in [-0.3, -0.25) is 15.0 Å². The van der Waals surface area contributed by atoms with Crippen LogP contribution in [0.5, 0.6) is 0 Å². The van der Waals surface area contributed by atoms with Crippen molar-refractivity contribution in [3.05, 3.63) is 0 Å². The fourth-order valence-electron chi connectivity index (χ4n) is 2.74. The molecule has 1 saturated carbocycles. The Bertz CT molecular complexity index is 289. The zero-order chi connectivity index (χ0) is 13.1. The largest absolute Gasteiger partial charge is 0.327 e. The predicted octanol–water partition coefficient (Wildman–Crippen LogP) is 1.27. The van der Waals surface area contributed by atoms with Gasteiger partial charge in [0.25, 0.3) is 0 Å². The van der Waals surface area contributed by atoms with E-state index in [0.717, 1.165) is 38.8 Å². The van der Waals surface area contributed by atoms with E-state index in [1.54, 1.807) is 0 Å². The lowest BCUT2D eigenvalue weighted by Crippen LogP contribution is -2.38. The molecule has 4 heteroatoms. The van der Waals surface area contributed by atoms with Gasteiger partial charge in [-0.1, -0.05) is 20.8 Å². The molecule has 1 heterocycles. The van der Waals surface area contributed by atoms with Crippen molar-refractivity contribution in [2.45, 2.75) is 52.1 Å².